The van der Waals surface area contributed by atoms with Gasteiger partial charge in [-0.2, -0.15) is 0 Å². The van der Waals surface area contributed by atoms with E-state index >= 15 is 0 Å². The fourth-order valence-corrected chi connectivity index (χ4v) is 7.32. The average molecular weight is 216 g/mol. The third-order valence-corrected chi connectivity index (χ3v) is 7.11. The Morgan fingerprint density at radius 2 is 1.69 bits per heavy atom. The van der Waals surface area contributed by atoms with Crippen LogP contribution in [0.5, 0.6) is 0 Å². The maximum atomic E-state index is 12.4. The van der Waals surface area contributed by atoms with E-state index < -0.39 is 0 Å². The van der Waals surface area contributed by atoms with Gasteiger partial charge < -0.3 is 0 Å². The highest BCUT2D eigenvalue weighted by molar-refractivity contribution is 5.91. The second kappa shape index (κ2) is 2.04. The molecule has 16 heavy (non-hydrogen) atoms. The molecule has 1 heteroatoms. The Balaban J connectivity index is 1.73. The third kappa shape index (κ3) is 0.577. The number of fused-ring (bicyclic) bond motifs is 2. The van der Waals surface area contributed by atoms with Crippen LogP contribution in [0, 0.1) is 58.7 Å². The smallest absolute Gasteiger partial charge is 0.140 e. The molecule has 9 atom stereocenters. The molecule has 2 bridgehead atoms. The van der Waals surface area contributed by atoms with Gasteiger partial charge in [0.1, 0.15) is 5.78 Å². The number of rotatable bonds is 0. The molecular weight excluding hydrogens is 196 g/mol. The van der Waals surface area contributed by atoms with Gasteiger partial charge >= 0.3 is 0 Å². The Hall–Kier alpha value is -0.330. The fraction of sp³-hybridized carbons (Fsp3) is 0.933. The molecule has 9 unspecified atom stereocenters. The first-order chi connectivity index (χ1) is 7.52. The van der Waals surface area contributed by atoms with E-state index in [1.807, 2.05) is 0 Å². The molecule has 86 valence electrons. The average Bonchev–Trinajstić information content (AvgIpc) is 2.60. The summed E-state index contributed by atoms with van der Waals surface area (Å²) in [7, 11) is 0. The Bertz CT molecular complexity index is 418. The van der Waals surface area contributed by atoms with E-state index in [1.54, 1.807) is 0 Å². The largest absolute Gasteiger partial charge is 0.299 e. The van der Waals surface area contributed by atoms with Crippen LogP contribution in [0.1, 0.15) is 27.2 Å². The van der Waals surface area contributed by atoms with Gasteiger partial charge in [0.15, 0.2) is 0 Å². The molecule has 0 amide bonds. The Morgan fingerprint density at radius 3 is 2.38 bits per heavy atom. The van der Waals surface area contributed by atoms with Crippen LogP contribution in [-0.4, -0.2) is 5.78 Å². The van der Waals surface area contributed by atoms with Gasteiger partial charge in [0.05, 0.1) is 0 Å². The number of ketones is 1. The zero-order chi connectivity index (χ0) is 11.0. The highest BCUT2D eigenvalue weighted by Gasteiger charge is 2.84. The van der Waals surface area contributed by atoms with E-state index in [4.69, 9.17) is 0 Å². The topological polar surface area (TPSA) is 17.1 Å². The van der Waals surface area contributed by atoms with Crippen LogP contribution in [0.25, 0.3) is 0 Å². The van der Waals surface area contributed by atoms with Crippen molar-refractivity contribution in [2.75, 3.05) is 0 Å². The first-order valence-corrected chi connectivity index (χ1v) is 7.05. The van der Waals surface area contributed by atoms with Crippen LogP contribution in [0.15, 0.2) is 0 Å². The Labute approximate surface area is 97.0 Å². The van der Waals surface area contributed by atoms with E-state index in [0.717, 1.165) is 41.4 Å². The first kappa shape index (κ1) is 8.72. The summed E-state index contributed by atoms with van der Waals surface area (Å²) in [5, 5.41) is 0. The van der Waals surface area contributed by atoms with Crippen molar-refractivity contribution in [1.82, 2.24) is 0 Å². The number of Topliss-reactive ketones (excluding diaryl/α,β-unsaturated/α-hetero) is 1. The van der Waals surface area contributed by atoms with Crippen LogP contribution in [0.4, 0.5) is 0 Å². The van der Waals surface area contributed by atoms with Gasteiger partial charge in [0, 0.05) is 11.8 Å². The molecule has 5 fully saturated rings. The standard InChI is InChI=1S/C15H20O/c1-15(2,3)13-9-5-4-6-8-7(5)11(13)12(8)14(16)10(6)9/h5-13H,4H2,1-3H3. The molecule has 0 aliphatic heterocycles. The molecule has 0 radical (unpaired) electrons. The second-order valence-corrected chi connectivity index (χ2v) is 8.22. The van der Waals surface area contributed by atoms with Crippen molar-refractivity contribution in [3.63, 3.8) is 0 Å². The van der Waals surface area contributed by atoms with Gasteiger partial charge in [0.25, 0.3) is 0 Å². The zero-order valence-corrected chi connectivity index (χ0v) is 10.3. The molecule has 0 saturated heterocycles. The molecule has 5 rings (SSSR count). The number of carbonyl (C=O) groups excluding carboxylic acids is 1. The van der Waals surface area contributed by atoms with Crippen LogP contribution in [0.3, 0.4) is 0 Å². The number of hydrogen-bond acceptors (Lipinski definition) is 1. The van der Waals surface area contributed by atoms with Crippen molar-refractivity contribution in [1.29, 1.82) is 0 Å². The first-order valence-electron chi connectivity index (χ1n) is 7.05. The van der Waals surface area contributed by atoms with Crippen LogP contribution < -0.4 is 0 Å². The lowest BCUT2D eigenvalue weighted by Gasteiger charge is -2.50. The molecule has 1 nitrogen and oxygen atoms in total. The Kier molecular flexibility index (Phi) is 1.11. The van der Waals surface area contributed by atoms with Gasteiger partial charge in [-0.05, 0) is 53.3 Å². The van der Waals surface area contributed by atoms with Gasteiger partial charge in [-0.15, -0.1) is 0 Å². The maximum Gasteiger partial charge on any atom is 0.140 e. The van der Waals surface area contributed by atoms with Crippen LogP contribution in [0.2, 0.25) is 0 Å². The van der Waals surface area contributed by atoms with E-state index in [1.165, 1.54) is 6.42 Å². The molecule has 0 N–H and O–H groups in total. The summed E-state index contributed by atoms with van der Waals surface area (Å²) in [6.07, 6.45) is 1.43. The SMILES string of the molecule is CC(C)(C)C1C2C3CC4C2C(=O)C2C4C3C21. The lowest BCUT2D eigenvalue weighted by atomic mass is 9.53. The third-order valence-electron chi connectivity index (χ3n) is 7.11. The van der Waals surface area contributed by atoms with E-state index in [9.17, 15) is 4.79 Å². The van der Waals surface area contributed by atoms with E-state index in [2.05, 4.69) is 20.8 Å². The van der Waals surface area contributed by atoms with Crippen LogP contribution in [-0.2, 0) is 4.79 Å². The highest BCUT2D eigenvalue weighted by atomic mass is 16.1. The summed E-state index contributed by atoms with van der Waals surface area (Å²) in [5.74, 6) is 7.95. The highest BCUT2D eigenvalue weighted by Crippen LogP contribution is 2.84. The van der Waals surface area contributed by atoms with Crippen LogP contribution >= 0.6 is 0 Å². The predicted octanol–water partition coefficient (Wildman–Crippen LogP) is 2.61. The summed E-state index contributed by atoms with van der Waals surface area (Å²) in [6.45, 7) is 7.23. The normalized spacial score (nSPS) is 68.2. The minimum absolute atomic E-state index is 0.434. The summed E-state index contributed by atoms with van der Waals surface area (Å²) in [4.78, 5) is 12.4. The van der Waals surface area contributed by atoms with E-state index in [-0.39, 0.29) is 0 Å². The van der Waals surface area contributed by atoms with Crippen molar-refractivity contribution < 1.29 is 4.79 Å². The van der Waals surface area contributed by atoms with Crippen molar-refractivity contribution in [2.45, 2.75) is 27.2 Å². The van der Waals surface area contributed by atoms with Crippen molar-refractivity contribution in [3.05, 3.63) is 0 Å². The second-order valence-electron chi connectivity index (χ2n) is 8.22. The lowest BCUT2D eigenvalue weighted by Crippen LogP contribution is -2.50. The molecule has 0 spiro atoms. The van der Waals surface area contributed by atoms with Crippen molar-refractivity contribution >= 4 is 5.78 Å². The molecule has 0 aromatic rings. The van der Waals surface area contributed by atoms with E-state index in [0.29, 0.717) is 23.0 Å². The van der Waals surface area contributed by atoms with Crippen molar-refractivity contribution in [3.8, 4) is 0 Å². The minimum atomic E-state index is 0.434. The van der Waals surface area contributed by atoms with Gasteiger partial charge in [-0.1, -0.05) is 20.8 Å². The summed E-state index contributed by atoms with van der Waals surface area (Å²) in [6, 6.07) is 0. The minimum Gasteiger partial charge on any atom is -0.299 e. The van der Waals surface area contributed by atoms with Crippen molar-refractivity contribution in [2.24, 2.45) is 58.7 Å². The molecule has 5 aliphatic carbocycles. The number of hydrogen-bond donors (Lipinski definition) is 0. The fourth-order valence-electron chi connectivity index (χ4n) is 7.32. The Morgan fingerprint density at radius 1 is 0.938 bits per heavy atom. The summed E-state index contributed by atoms with van der Waals surface area (Å²) < 4.78 is 0. The lowest BCUT2D eigenvalue weighted by molar-refractivity contribution is -0.139. The zero-order valence-electron chi connectivity index (χ0n) is 10.3. The molecule has 0 aromatic carbocycles. The van der Waals surface area contributed by atoms with Gasteiger partial charge in [-0.25, -0.2) is 0 Å². The molecule has 0 aromatic heterocycles. The maximum absolute atomic E-state index is 12.4. The summed E-state index contributed by atoms with van der Waals surface area (Å²) >= 11 is 0. The molecule has 5 saturated carbocycles. The molecular formula is C15H20O. The number of carbonyl (C=O) groups is 1. The predicted molar refractivity (Wildman–Crippen MR) is 60.5 cm³/mol. The quantitative estimate of drug-likeness (QED) is 0.608. The van der Waals surface area contributed by atoms with Gasteiger partial charge in [0.2, 0.25) is 0 Å². The monoisotopic (exact) mass is 216 g/mol. The summed E-state index contributed by atoms with van der Waals surface area (Å²) in [5.41, 5.74) is 0.434. The van der Waals surface area contributed by atoms with Gasteiger partial charge in [-0.3, -0.25) is 4.79 Å². The molecule has 5 aliphatic rings. The molecule has 0 heterocycles.